The third-order valence-corrected chi connectivity index (χ3v) is 5.36. The van der Waals surface area contributed by atoms with Crippen molar-refractivity contribution in [1.82, 2.24) is 0 Å². The molecule has 0 atom stereocenters. The van der Waals surface area contributed by atoms with Gasteiger partial charge in [-0.15, -0.1) is 0 Å². The Morgan fingerprint density at radius 1 is 0.370 bits per heavy atom. The highest BCUT2D eigenvalue weighted by Crippen LogP contribution is 2.29. The third-order valence-electron chi connectivity index (χ3n) is 4.30. The summed E-state index contributed by atoms with van der Waals surface area (Å²) in [6, 6.07) is 32.9. The number of hydrogen-bond donors (Lipinski definition) is 0. The Morgan fingerprint density at radius 2 is 0.630 bits per heavy atom. The van der Waals surface area contributed by atoms with E-state index in [-0.39, 0.29) is 0 Å². The van der Waals surface area contributed by atoms with Gasteiger partial charge in [-0.3, -0.25) is 0 Å². The minimum absolute atomic E-state index is 0.826. The molecular weight excluding hydrogens is 464 g/mol. The van der Waals surface area contributed by atoms with E-state index in [1.807, 2.05) is 48.5 Å². The van der Waals surface area contributed by atoms with Gasteiger partial charge in [-0.2, -0.15) is 0 Å². The number of hydrogen-bond acceptors (Lipinski definition) is 1. The van der Waals surface area contributed by atoms with Gasteiger partial charge in [0.1, 0.15) is 11.5 Å². The summed E-state index contributed by atoms with van der Waals surface area (Å²) in [6.07, 6.45) is 0. The van der Waals surface area contributed by atoms with Gasteiger partial charge in [0.05, 0.1) is 0 Å². The van der Waals surface area contributed by atoms with E-state index < -0.39 is 0 Å². The van der Waals surface area contributed by atoms with Crippen LogP contribution < -0.4 is 4.74 Å². The summed E-state index contributed by atoms with van der Waals surface area (Å²) < 4.78 is 8.15. The number of benzene rings is 4. The lowest BCUT2D eigenvalue weighted by Gasteiger charge is -2.08. The van der Waals surface area contributed by atoms with Gasteiger partial charge in [-0.05, 0) is 70.8 Å². The van der Waals surface area contributed by atoms with E-state index >= 15 is 0 Å². The largest absolute Gasteiger partial charge is 0.457 e. The van der Waals surface area contributed by atoms with Gasteiger partial charge >= 0.3 is 0 Å². The third kappa shape index (κ3) is 4.49. The van der Waals surface area contributed by atoms with Crippen LogP contribution in [0.1, 0.15) is 0 Å². The first kappa shape index (κ1) is 18.0. The Hall–Kier alpha value is -2.36. The zero-order valence-corrected chi connectivity index (χ0v) is 17.6. The first-order chi connectivity index (χ1) is 13.2. The molecule has 0 aliphatic heterocycles. The second kappa shape index (κ2) is 8.12. The molecule has 4 rings (SSSR count). The molecule has 0 amide bonds. The molecule has 0 heterocycles. The maximum atomic E-state index is 5.98. The molecule has 0 aromatic heterocycles. The van der Waals surface area contributed by atoms with Gasteiger partial charge in [-0.1, -0.05) is 80.4 Å². The summed E-state index contributed by atoms with van der Waals surface area (Å²) in [6.45, 7) is 0. The van der Waals surface area contributed by atoms with Crippen molar-refractivity contribution in [1.29, 1.82) is 0 Å². The quantitative estimate of drug-likeness (QED) is 0.285. The van der Waals surface area contributed by atoms with Crippen LogP contribution in [0.25, 0.3) is 22.3 Å². The predicted molar refractivity (Wildman–Crippen MR) is 119 cm³/mol. The fraction of sp³-hybridized carbons (Fsp3) is 0. The topological polar surface area (TPSA) is 9.23 Å². The number of ether oxygens (including phenoxy) is 1. The van der Waals surface area contributed by atoms with Gasteiger partial charge in [0.2, 0.25) is 0 Å². The van der Waals surface area contributed by atoms with Crippen molar-refractivity contribution in [3.8, 4) is 33.8 Å². The lowest BCUT2D eigenvalue weighted by atomic mass is 10.1. The zero-order chi connectivity index (χ0) is 18.6. The molecular formula is C24H16Br2O. The molecule has 132 valence electrons. The fourth-order valence-electron chi connectivity index (χ4n) is 2.85. The van der Waals surface area contributed by atoms with Crippen molar-refractivity contribution in [3.05, 3.63) is 106 Å². The maximum Gasteiger partial charge on any atom is 0.127 e. The number of halogens is 2. The molecule has 0 spiro atoms. The average molecular weight is 480 g/mol. The standard InChI is InChI=1S/C24H16Br2O/c25-21-9-1-17(2-10-21)19-5-13-23(14-6-19)27-24-15-7-20(8-16-24)18-3-11-22(26)12-4-18/h1-16H. The van der Waals surface area contributed by atoms with E-state index in [0.29, 0.717) is 0 Å². The SMILES string of the molecule is Brc1ccc(-c2ccc(Oc3ccc(-c4ccc(Br)cc4)cc3)cc2)cc1. The summed E-state index contributed by atoms with van der Waals surface area (Å²) in [5, 5.41) is 0. The van der Waals surface area contributed by atoms with Crippen molar-refractivity contribution in [2.45, 2.75) is 0 Å². The minimum atomic E-state index is 0.826. The van der Waals surface area contributed by atoms with Crippen LogP contribution in [-0.2, 0) is 0 Å². The van der Waals surface area contributed by atoms with Gasteiger partial charge in [0, 0.05) is 8.95 Å². The molecule has 0 saturated heterocycles. The molecule has 0 fully saturated rings. The monoisotopic (exact) mass is 478 g/mol. The predicted octanol–water partition coefficient (Wildman–Crippen LogP) is 8.34. The molecule has 0 saturated carbocycles. The number of rotatable bonds is 4. The van der Waals surface area contributed by atoms with Crippen LogP contribution >= 0.6 is 31.9 Å². The smallest absolute Gasteiger partial charge is 0.127 e. The lowest BCUT2D eigenvalue weighted by molar-refractivity contribution is 0.483. The van der Waals surface area contributed by atoms with E-state index in [0.717, 1.165) is 20.4 Å². The Kier molecular flexibility index (Phi) is 5.42. The van der Waals surface area contributed by atoms with E-state index in [1.54, 1.807) is 0 Å². The first-order valence-electron chi connectivity index (χ1n) is 8.57. The van der Waals surface area contributed by atoms with Crippen LogP contribution in [0, 0.1) is 0 Å². The Labute approximate surface area is 175 Å². The molecule has 3 heteroatoms. The summed E-state index contributed by atoms with van der Waals surface area (Å²) >= 11 is 6.94. The van der Waals surface area contributed by atoms with E-state index in [9.17, 15) is 0 Å². The normalized spacial score (nSPS) is 10.6. The van der Waals surface area contributed by atoms with Crippen LogP contribution in [0.2, 0.25) is 0 Å². The molecule has 0 unspecified atom stereocenters. The molecule has 1 nitrogen and oxygen atoms in total. The van der Waals surface area contributed by atoms with Gasteiger partial charge < -0.3 is 4.74 Å². The van der Waals surface area contributed by atoms with E-state index in [2.05, 4.69) is 80.4 Å². The lowest BCUT2D eigenvalue weighted by Crippen LogP contribution is -1.85. The molecule has 0 bridgehead atoms. The highest BCUT2D eigenvalue weighted by Gasteiger charge is 2.02. The van der Waals surface area contributed by atoms with E-state index in [4.69, 9.17) is 4.74 Å². The fourth-order valence-corrected chi connectivity index (χ4v) is 3.38. The zero-order valence-electron chi connectivity index (χ0n) is 14.4. The second-order valence-electron chi connectivity index (χ2n) is 6.16. The van der Waals surface area contributed by atoms with Gasteiger partial charge in [0.25, 0.3) is 0 Å². The summed E-state index contributed by atoms with van der Waals surface area (Å²) in [5.74, 6) is 1.65. The molecule has 4 aromatic carbocycles. The van der Waals surface area contributed by atoms with Crippen molar-refractivity contribution in [2.75, 3.05) is 0 Å². The summed E-state index contributed by atoms with van der Waals surface area (Å²) in [5.41, 5.74) is 4.70. The van der Waals surface area contributed by atoms with Crippen LogP contribution in [0.15, 0.2) is 106 Å². The van der Waals surface area contributed by atoms with Gasteiger partial charge in [-0.25, -0.2) is 0 Å². The van der Waals surface area contributed by atoms with E-state index in [1.165, 1.54) is 22.3 Å². The summed E-state index contributed by atoms with van der Waals surface area (Å²) in [4.78, 5) is 0. The molecule has 0 aliphatic rings. The molecule has 27 heavy (non-hydrogen) atoms. The Morgan fingerprint density at radius 3 is 0.926 bits per heavy atom. The average Bonchev–Trinajstić information content (AvgIpc) is 2.71. The van der Waals surface area contributed by atoms with Gasteiger partial charge in [0.15, 0.2) is 0 Å². The molecule has 0 aliphatic carbocycles. The molecule has 0 N–H and O–H groups in total. The summed E-state index contributed by atoms with van der Waals surface area (Å²) in [7, 11) is 0. The Balaban J connectivity index is 1.47. The van der Waals surface area contributed by atoms with Crippen molar-refractivity contribution >= 4 is 31.9 Å². The van der Waals surface area contributed by atoms with Crippen molar-refractivity contribution in [2.24, 2.45) is 0 Å². The van der Waals surface area contributed by atoms with Crippen LogP contribution in [-0.4, -0.2) is 0 Å². The molecule has 0 radical (unpaired) electrons. The second-order valence-corrected chi connectivity index (χ2v) is 8.00. The van der Waals surface area contributed by atoms with Crippen LogP contribution in [0.4, 0.5) is 0 Å². The first-order valence-corrected chi connectivity index (χ1v) is 10.2. The maximum absolute atomic E-state index is 5.98. The van der Waals surface area contributed by atoms with Crippen LogP contribution in [0.5, 0.6) is 11.5 Å². The Bertz CT molecular complexity index is 933. The highest BCUT2D eigenvalue weighted by atomic mass is 79.9. The van der Waals surface area contributed by atoms with Crippen molar-refractivity contribution in [3.63, 3.8) is 0 Å². The highest BCUT2D eigenvalue weighted by molar-refractivity contribution is 9.10. The molecule has 4 aromatic rings. The van der Waals surface area contributed by atoms with Crippen LogP contribution in [0.3, 0.4) is 0 Å². The van der Waals surface area contributed by atoms with Crippen molar-refractivity contribution < 1.29 is 4.74 Å². The minimum Gasteiger partial charge on any atom is -0.457 e.